The van der Waals surface area contributed by atoms with E-state index >= 15 is 0 Å². The van der Waals surface area contributed by atoms with Gasteiger partial charge in [-0.05, 0) is 61.2 Å². The van der Waals surface area contributed by atoms with Crippen molar-refractivity contribution >= 4 is 35.6 Å². The number of rotatable bonds is 5. The number of amides is 1. The Morgan fingerprint density at radius 2 is 1.91 bits per heavy atom. The van der Waals surface area contributed by atoms with Crippen molar-refractivity contribution in [3.8, 4) is 11.1 Å². The summed E-state index contributed by atoms with van der Waals surface area (Å²) in [5.41, 5.74) is 9.66. The number of carbonyl (C=O) groups excluding carboxylic acids is 1. The normalized spacial score (nSPS) is 11.5. The molecule has 0 heterocycles. The summed E-state index contributed by atoms with van der Waals surface area (Å²) in [6.45, 7) is 3.88. The van der Waals surface area contributed by atoms with Crippen LogP contribution in [0, 0.1) is 6.92 Å². The number of aryl methyl sites for hydroxylation is 1. The smallest absolute Gasteiger partial charge is 0.224 e. The summed E-state index contributed by atoms with van der Waals surface area (Å²) in [4.78, 5) is 11.9. The highest BCUT2D eigenvalue weighted by atomic mass is 35.5. The molecule has 0 saturated heterocycles. The first kappa shape index (κ1) is 19.5. The van der Waals surface area contributed by atoms with E-state index < -0.39 is 0 Å². The predicted molar refractivity (Wildman–Crippen MR) is 100 cm³/mol. The van der Waals surface area contributed by atoms with Crippen LogP contribution < -0.4 is 11.1 Å². The van der Waals surface area contributed by atoms with Gasteiger partial charge in [0.05, 0.1) is 0 Å². The maximum atomic E-state index is 11.9. The van der Waals surface area contributed by atoms with Crippen molar-refractivity contribution in [1.29, 1.82) is 0 Å². The van der Waals surface area contributed by atoms with Crippen molar-refractivity contribution in [3.05, 3.63) is 53.1 Å². The molecule has 0 fully saturated rings. The molecule has 1 unspecified atom stereocenters. The van der Waals surface area contributed by atoms with Gasteiger partial charge in [0.25, 0.3) is 0 Å². The highest BCUT2D eigenvalue weighted by Crippen LogP contribution is 2.26. The number of halogens is 2. The molecule has 0 aliphatic rings. The summed E-state index contributed by atoms with van der Waals surface area (Å²) >= 11 is 6.03. The molecule has 3 nitrogen and oxygen atoms in total. The third kappa shape index (κ3) is 5.87. The van der Waals surface area contributed by atoms with Gasteiger partial charge in [0.1, 0.15) is 0 Å². The molecule has 0 spiro atoms. The Balaban J connectivity index is 0.00000264. The van der Waals surface area contributed by atoms with Crippen LogP contribution >= 0.6 is 24.0 Å². The number of nitrogens with one attached hydrogen (secondary N) is 1. The van der Waals surface area contributed by atoms with Crippen LogP contribution in [0.5, 0.6) is 0 Å². The molecule has 23 heavy (non-hydrogen) atoms. The average molecular weight is 353 g/mol. The van der Waals surface area contributed by atoms with Crippen molar-refractivity contribution in [1.82, 2.24) is 0 Å². The van der Waals surface area contributed by atoms with E-state index in [2.05, 4.69) is 5.32 Å². The maximum Gasteiger partial charge on any atom is 0.224 e. The fourth-order valence-electron chi connectivity index (χ4n) is 2.22. The minimum atomic E-state index is -0.00379. The Bertz CT molecular complexity index is 672. The zero-order chi connectivity index (χ0) is 16.1. The van der Waals surface area contributed by atoms with Crippen LogP contribution in [0.2, 0.25) is 5.02 Å². The van der Waals surface area contributed by atoms with Crippen LogP contribution in [0.1, 0.15) is 25.3 Å². The highest BCUT2D eigenvalue weighted by molar-refractivity contribution is 6.30. The fourth-order valence-corrected chi connectivity index (χ4v) is 2.41. The number of nitrogens with two attached hydrogens (primary N) is 1. The number of carbonyl (C=O) groups is 1. The SMILES string of the molecule is Cc1cc(-c2cccc(Cl)c2)ccc1NC(=O)CCC(C)N.Cl. The summed E-state index contributed by atoms with van der Waals surface area (Å²) in [7, 11) is 0. The second kappa shape index (κ2) is 8.92. The lowest BCUT2D eigenvalue weighted by molar-refractivity contribution is -0.116. The van der Waals surface area contributed by atoms with E-state index in [0.29, 0.717) is 17.9 Å². The van der Waals surface area contributed by atoms with E-state index in [0.717, 1.165) is 22.4 Å². The first-order valence-corrected chi connectivity index (χ1v) is 7.75. The molecule has 3 N–H and O–H groups in total. The first-order valence-electron chi connectivity index (χ1n) is 7.37. The quantitative estimate of drug-likeness (QED) is 0.811. The third-order valence-corrected chi connectivity index (χ3v) is 3.72. The van der Waals surface area contributed by atoms with Crippen LogP contribution in [0.3, 0.4) is 0 Å². The average Bonchev–Trinajstić information content (AvgIpc) is 2.47. The monoisotopic (exact) mass is 352 g/mol. The van der Waals surface area contributed by atoms with Gasteiger partial charge >= 0.3 is 0 Å². The molecule has 0 aromatic heterocycles. The Kier molecular flexibility index (Phi) is 7.56. The summed E-state index contributed by atoms with van der Waals surface area (Å²) in [6, 6.07) is 13.7. The molecule has 0 aliphatic carbocycles. The molecule has 2 rings (SSSR count). The molecule has 2 aromatic rings. The van der Waals surface area contributed by atoms with E-state index in [1.807, 2.05) is 56.3 Å². The van der Waals surface area contributed by atoms with Gasteiger partial charge in [0, 0.05) is 23.2 Å². The van der Waals surface area contributed by atoms with Gasteiger partial charge in [-0.1, -0.05) is 29.8 Å². The topological polar surface area (TPSA) is 55.1 Å². The number of hydrogen-bond acceptors (Lipinski definition) is 2. The van der Waals surface area contributed by atoms with Gasteiger partial charge in [-0.2, -0.15) is 0 Å². The van der Waals surface area contributed by atoms with E-state index in [1.54, 1.807) is 0 Å². The molecule has 0 radical (unpaired) electrons. The highest BCUT2D eigenvalue weighted by Gasteiger charge is 2.07. The molecule has 1 atom stereocenters. The molecule has 124 valence electrons. The molecular formula is C18H22Cl2N2O. The van der Waals surface area contributed by atoms with E-state index in [4.69, 9.17) is 17.3 Å². The van der Waals surface area contributed by atoms with Gasteiger partial charge in [-0.3, -0.25) is 4.79 Å². The molecule has 0 bridgehead atoms. The molecule has 2 aromatic carbocycles. The van der Waals surface area contributed by atoms with E-state index in [1.165, 1.54) is 0 Å². The second-order valence-electron chi connectivity index (χ2n) is 5.60. The standard InChI is InChI=1S/C18H21ClN2O.ClH/c1-12-10-15(14-4-3-5-16(19)11-14)7-8-17(12)21-18(22)9-6-13(2)20;/h3-5,7-8,10-11,13H,6,9,20H2,1-2H3,(H,21,22);1H. The van der Waals surface area contributed by atoms with Crippen molar-refractivity contribution in [2.75, 3.05) is 5.32 Å². The maximum absolute atomic E-state index is 11.9. The minimum absolute atomic E-state index is 0. The zero-order valence-corrected chi connectivity index (χ0v) is 14.9. The van der Waals surface area contributed by atoms with Crippen LogP contribution in [-0.4, -0.2) is 11.9 Å². The van der Waals surface area contributed by atoms with Gasteiger partial charge < -0.3 is 11.1 Å². The Labute approximate surface area is 148 Å². The predicted octanol–water partition coefficient (Wildman–Crippen LogP) is 4.80. The molecule has 0 saturated carbocycles. The number of hydrogen-bond donors (Lipinski definition) is 2. The van der Waals surface area contributed by atoms with Gasteiger partial charge in [-0.25, -0.2) is 0 Å². The van der Waals surface area contributed by atoms with Crippen LogP contribution in [0.25, 0.3) is 11.1 Å². The van der Waals surface area contributed by atoms with Crippen molar-refractivity contribution < 1.29 is 4.79 Å². The lowest BCUT2D eigenvalue weighted by Crippen LogP contribution is -2.19. The largest absolute Gasteiger partial charge is 0.328 e. The van der Waals surface area contributed by atoms with Crippen LogP contribution in [-0.2, 0) is 4.79 Å². The first-order chi connectivity index (χ1) is 10.5. The number of benzene rings is 2. The summed E-state index contributed by atoms with van der Waals surface area (Å²) in [5, 5.41) is 3.65. The molecule has 1 amide bonds. The summed E-state index contributed by atoms with van der Waals surface area (Å²) < 4.78 is 0. The Hall–Kier alpha value is -1.55. The van der Waals surface area contributed by atoms with Crippen molar-refractivity contribution in [3.63, 3.8) is 0 Å². The van der Waals surface area contributed by atoms with E-state index in [-0.39, 0.29) is 24.4 Å². The molecule has 5 heteroatoms. The summed E-state index contributed by atoms with van der Waals surface area (Å²) in [5.74, 6) is -0.00379. The molecular weight excluding hydrogens is 331 g/mol. The van der Waals surface area contributed by atoms with Gasteiger partial charge in [-0.15, -0.1) is 12.4 Å². The lowest BCUT2D eigenvalue weighted by atomic mass is 10.0. The molecule has 0 aliphatic heterocycles. The zero-order valence-electron chi connectivity index (χ0n) is 13.3. The lowest BCUT2D eigenvalue weighted by Gasteiger charge is -2.11. The minimum Gasteiger partial charge on any atom is -0.328 e. The van der Waals surface area contributed by atoms with Crippen LogP contribution in [0.15, 0.2) is 42.5 Å². The van der Waals surface area contributed by atoms with Crippen LogP contribution in [0.4, 0.5) is 5.69 Å². The Morgan fingerprint density at radius 1 is 1.22 bits per heavy atom. The van der Waals surface area contributed by atoms with Gasteiger partial charge in [0.15, 0.2) is 0 Å². The van der Waals surface area contributed by atoms with Crippen molar-refractivity contribution in [2.24, 2.45) is 5.73 Å². The fraction of sp³-hybridized carbons (Fsp3) is 0.278. The summed E-state index contributed by atoms with van der Waals surface area (Å²) in [6.07, 6.45) is 1.12. The van der Waals surface area contributed by atoms with E-state index in [9.17, 15) is 4.79 Å². The van der Waals surface area contributed by atoms with Gasteiger partial charge in [0.2, 0.25) is 5.91 Å². The Morgan fingerprint density at radius 3 is 2.52 bits per heavy atom. The third-order valence-electron chi connectivity index (χ3n) is 3.49. The second-order valence-corrected chi connectivity index (χ2v) is 6.04. The van der Waals surface area contributed by atoms with Crippen molar-refractivity contribution in [2.45, 2.75) is 32.7 Å². The number of anilines is 1.